The van der Waals surface area contributed by atoms with Crippen molar-refractivity contribution in [3.8, 4) is 17.6 Å². The van der Waals surface area contributed by atoms with E-state index in [2.05, 4.69) is 0 Å². The first-order chi connectivity index (χ1) is 10.6. The molecule has 2 aromatic rings. The zero-order valence-electron chi connectivity index (χ0n) is 11.7. The van der Waals surface area contributed by atoms with Crippen LogP contribution in [0.15, 0.2) is 36.4 Å². The van der Waals surface area contributed by atoms with Gasteiger partial charge in [-0.25, -0.2) is 0 Å². The highest BCUT2D eigenvalue weighted by atomic mass is 35.5. The van der Waals surface area contributed by atoms with Gasteiger partial charge in [0.15, 0.2) is 23.9 Å². The number of nitrogens with zero attached hydrogens (tertiary/aromatic N) is 1. The van der Waals surface area contributed by atoms with Gasteiger partial charge in [0.05, 0.1) is 16.3 Å². The fraction of sp³-hybridized carbons (Fsp3) is 0.125. The van der Waals surface area contributed by atoms with Crippen molar-refractivity contribution in [3.63, 3.8) is 0 Å². The molecule has 112 valence electrons. The van der Waals surface area contributed by atoms with Crippen LogP contribution in [0.3, 0.4) is 0 Å². The minimum atomic E-state index is -0.110. The van der Waals surface area contributed by atoms with E-state index in [0.717, 1.165) is 5.56 Å². The number of halogens is 1. The van der Waals surface area contributed by atoms with E-state index in [9.17, 15) is 4.79 Å². The molecule has 0 saturated heterocycles. The summed E-state index contributed by atoms with van der Waals surface area (Å²) in [6.45, 7) is -0.0524. The Balaban J connectivity index is 2.14. The molecule has 0 aliphatic rings. The van der Waals surface area contributed by atoms with E-state index in [0.29, 0.717) is 20.7 Å². The van der Waals surface area contributed by atoms with Gasteiger partial charge in [-0.1, -0.05) is 23.7 Å². The second-order valence-electron chi connectivity index (χ2n) is 4.16. The normalized spacial score (nSPS) is 10.4. The van der Waals surface area contributed by atoms with E-state index in [1.54, 1.807) is 36.4 Å². The van der Waals surface area contributed by atoms with Gasteiger partial charge in [0.1, 0.15) is 6.07 Å². The first-order valence-electron chi connectivity index (χ1n) is 6.29. The lowest BCUT2D eigenvalue weighted by molar-refractivity contribution is 0.105. The maximum atomic E-state index is 12.0. The summed E-state index contributed by atoms with van der Waals surface area (Å²) in [5.41, 5.74) is 0.789. The van der Waals surface area contributed by atoms with Crippen molar-refractivity contribution in [3.05, 3.63) is 51.2 Å². The van der Waals surface area contributed by atoms with E-state index in [1.807, 2.05) is 6.07 Å². The van der Waals surface area contributed by atoms with Crippen LogP contribution in [-0.4, -0.2) is 19.5 Å². The molecule has 0 amide bonds. The lowest BCUT2D eigenvalue weighted by Crippen LogP contribution is -1.96. The molecule has 1 aromatic carbocycles. The molecule has 1 heterocycles. The molecule has 0 atom stereocenters. The van der Waals surface area contributed by atoms with E-state index in [-0.39, 0.29) is 12.4 Å². The van der Waals surface area contributed by atoms with Gasteiger partial charge in [-0.05, 0) is 35.9 Å². The van der Waals surface area contributed by atoms with Crippen molar-refractivity contribution in [1.82, 2.24) is 0 Å². The van der Waals surface area contributed by atoms with Crippen molar-refractivity contribution in [1.29, 1.82) is 5.26 Å². The predicted molar refractivity (Wildman–Crippen MR) is 86.8 cm³/mol. The van der Waals surface area contributed by atoms with Crippen LogP contribution < -0.4 is 9.47 Å². The topological polar surface area (TPSA) is 59.3 Å². The number of hydrogen-bond donors (Lipinski definition) is 0. The average Bonchev–Trinajstić information content (AvgIpc) is 2.97. The van der Waals surface area contributed by atoms with Crippen LogP contribution >= 0.6 is 22.9 Å². The third-order valence-corrected chi connectivity index (χ3v) is 3.97. The molecular formula is C16H12ClNO3S. The van der Waals surface area contributed by atoms with Crippen molar-refractivity contribution in [2.24, 2.45) is 0 Å². The lowest BCUT2D eigenvalue weighted by atomic mass is 10.1. The highest BCUT2D eigenvalue weighted by molar-refractivity contribution is 7.18. The van der Waals surface area contributed by atoms with Crippen molar-refractivity contribution < 1.29 is 14.3 Å². The monoisotopic (exact) mass is 333 g/mol. The minimum Gasteiger partial charge on any atom is -0.493 e. The van der Waals surface area contributed by atoms with Crippen LogP contribution in [0, 0.1) is 11.3 Å². The third kappa shape index (κ3) is 4.10. The summed E-state index contributed by atoms with van der Waals surface area (Å²) in [6.07, 6.45) is 3.17. The zero-order chi connectivity index (χ0) is 15.9. The molecule has 0 radical (unpaired) electrons. The Morgan fingerprint density at radius 1 is 1.36 bits per heavy atom. The zero-order valence-corrected chi connectivity index (χ0v) is 13.3. The molecule has 2 rings (SSSR count). The second-order valence-corrected chi connectivity index (χ2v) is 5.87. The fourth-order valence-electron chi connectivity index (χ4n) is 1.72. The summed E-state index contributed by atoms with van der Waals surface area (Å²) in [5, 5.41) is 8.53. The molecule has 1 aromatic heterocycles. The molecule has 4 nitrogen and oxygen atoms in total. The number of ketones is 1. The summed E-state index contributed by atoms with van der Waals surface area (Å²) >= 11 is 7.05. The van der Waals surface area contributed by atoms with Crippen LogP contribution in [-0.2, 0) is 0 Å². The Bertz CT molecular complexity index is 746. The highest BCUT2D eigenvalue weighted by Crippen LogP contribution is 2.28. The summed E-state index contributed by atoms with van der Waals surface area (Å²) in [7, 11) is 1.51. The van der Waals surface area contributed by atoms with Crippen LogP contribution in [0.4, 0.5) is 0 Å². The van der Waals surface area contributed by atoms with Crippen molar-refractivity contribution in [2.75, 3.05) is 13.7 Å². The van der Waals surface area contributed by atoms with Crippen LogP contribution in [0.2, 0.25) is 4.34 Å². The molecule has 0 fully saturated rings. The number of benzene rings is 1. The van der Waals surface area contributed by atoms with Gasteiger partial charge in [0.2, 0.25) is 0 Å². The number of rotatable bonds is 6. The number of hydrogen-bond acceptors (Lipinski definition) is 5. The van der Waals surface area contributed by atoms with Crippen molar-refractivity contribution in [2.45, 2.75) is 0 Å². The number of methoxy groups -OCH3 is 1. The molecule has 0 unspecified atom stereocenters. The van der Waals surface area contributed by atoms with Crippen molar-refractivity contribution >= 4 is 34.8 Å². The number of carbonyl (C=O) groups is 1. The maximum Gasteiger partial charge on any atom is 0.195 e. The van der Waals surface area contributed by atoms with Gasteiger partial charge >= 0.3 is 0 Å². The van der Waals surface area contributed by atoms with Gasteiger partial charge in [-0.3, -0.25) is 4.79 Å². The Labute approximate surface area is 137 Å². The van der Waals surface area contributed by atoms with Gasteiger partial charge in [-0.15, -0.1) is 11.3 Å². The molecule has 0 aliphatic heterocycles. The average molecular weight is 334 g/mol. The first-order valence-corrected chi connectivity index (χ1v) is 7.49. The molecule has 0 N–H and O–H groups in total. The second kappa shape index (κ2) is 7.64. The maximum absolute atomic E-state index is 12.0. The Morgan fingerprint density at radius 3 is 2.82 bits per heavy atom. The molecule has 0 bridgehead atoms. The van der Waals surface area contributed by atoms with E-state index in [1.165, 1.54) is 24.5 Å². The molecule has 0 spiro atoms. The van der Waals surface area contributed by atoms with E-state index < -0.39 is 0 Å². The van der Waals surface area contributed by atoms with E-state index in [4.69, 9.17) is 26.3 Å². The van der Waals surface area contributed by atoms with Gasteiger partial charge in [0, 0.05) is 0 Å². The standard InChI is InChI=1S/C16H12ClNO3S/c1-20-14-10-11(3-5-13(14)21-9-8-18)2-4-12(19)15-6-7-16(17)22-15/h2-7,10H,9H2,1H3/b4-2+. The van der Waals surface area contributed by atoms with Gasteiger partial charge in [0.25, 0.3) is 0 Å². The first kappa shape index (κ1) is 16.1. The lowest BCUT2D eigenvalue weighted by Gasteiger charge is -2.08. The highest BCUT2D eigenvalue weighted by Gasteiger charge is 2.07. The Kier molecular flexibility index (Phi) is 5.59. The quantitative estimate of drug-likeness (QED) is 0.587. The Morgan fingerprint density at radius 2 is 2.18 bits per heavy atom. The summed E-state index contributed by atoms with van der Waals surface area (Å²) in [4.78, 5) is 12.6. The third-order valence-electron chi connectivity index (χ3n) is 2.72. The molecule has 0 aliphatic carbocycles. The largest absolute Gasteiger partial charge is 0.493 e. The Hall–Kier alpha value is -2.29. The number of nitriles is 1. The SMILES string of the molecule is COc1cc(/C=C/C(=O)c2ccc(Cl)s2)ccc1OCC#N. The summed E-state index contributed by atoms with van der Waals surface area (Å²) in [5.74, 6) is 0.877. The molecule has 0 saturated carbocycles. The predicted octanol–water partition coefficient (Wildman–Crippen LogP) is 4.21. The van der Waals surface area contributed by atoms with Crippen LogP contribution in [0.25, 0.3) is 6.08 Å². The molecular weight excluding hydrogens is 322 g/mol. The molecule has 22 heavy (non-hydrogen) atoms. The number of carbonyl (C=O) groups excluding carboxylic acids is 1. The van der Waals surface area contributed by atoms with Gasteiger partial charge in [-0.2, -0.15) is 5.26 Å². The number of thiophene rings is 1. The molecule has 6 heteroatoms. The minimum absolute atomic E-state index is 0.0524. The van der Waals surface area contributed by atoms with Crippen LogP contribution in [0.1, 0.15) is 15.2 Å². The van der Waals surface area contributed by atoms with Gasteiger partial charge < -0.3 is 9.47 Å². The number of allylic oxidation sites excluding steroid dienone is 1. The summed E-state index contributed by atoms with van der Waals surface area (Å²) < 4.78 is 11.0. The number of ether oxygens (including phenoxy) is 2. The smallest absolute Gasteiger partial charge is 0.195 e. The van der Waals surface area contributed by atoms with Crippen LogP contribution in [0.5, 0.6) is 11.5 Å². The summed E-state index contributed by atoms with van der Waals surface area (Å²) in [6, 6.07) is 10.5. The van der Waals surface area contributed by atoms with E-state index >= 15 is 0 Å². The fourth-order valence-corrected chi connectivity index (χ4v) is 2.68.